The lowest BCUT2D eigenvalue weighted by Crippen LogP contribution is -2.11. The van der Waals surface area contributed by atoms with Gasteiger partial charge in [0.15, 0.2) is 0 Å². The van der Waals surface area contributed by atoms with Crippen LogP contribution in [0, 0.1) is 0 Å². The summed E-state index contributed by atoms with van der Waals surface area (Å²) in [6, 6.07) is 9.81. The van der Waals surface area contributed by atoms with Gasteiger partial charge in [-0.3, -0.25) is 0 Å². The van der Waals surface area contributed by atoms with Gasteiger partial charge in [0.2, 0.25) is 0 Å². The number of nitrogens with zero attached hydrogens (tertiary/aromatic N) is 1. The van der Waals surface area contributed by atoms with Gasteiger partial charge < -0.3 is 5.11 Å². The zero-order valence-corrected chi connectivity index (χ0v) is 12.6. The van der Waals surface area contributed by atoms with E-state index in [0.29, 0.717) is 0 Å². The first kappa shape index (κ1) is 14.2. The molecule has 0 aliphatic rings. The minimum absolute atomic E-state index is 0.104. The zero-order valence-electron chi connectivity index (χ0n) is 11.8. The molecule has 0 amide bonds. The Morgan fingerprint density at radius 2 is 1.89 bits per heavy atom. The lowest BCUT2D eigenvalue weighted by molar-refractivity contribution is 0.168. The van der Waals surface area contributed by atoms with Crippen molar-refractivity contribution in [3.8, 4) is 0 Å². The monoisotopic (exact) mass is 275 g/mol. The van der Waals surface area contributed by atoms with E-state index in [4.69, 9.17) is 0 Å². The van der Waals surface area contributed by atoms with Crippen molar-refractivity contribution in [1.29, 1.82) is 0 Å². The molecule has 2 aromatic rings. The number of aryl methyl sites for hydroxylation is 1. The lowest BCUT2D eigenvalue weighted by Gasteiger charge is -2.14. The first-order chi connectivity index (χ1) is 8.97. The Morgan fingerprint density at radius 3 is 2.47 bits per heavy atom. The second-order valence-corrected chi connectivity index (χ2v) is 6.78. The van der Waals surface area contributed by atoms with Crippen molar-refractivity contribution in [2.45, 2.75) is 45.1 Å². The zero-order chi connectivity index (χ0) is 13.9. The van der Waals surface area contributed by atoms with Crippen LogP contribution in [0.3, 0.4) is 0 Å². The Labute approximate surface area is 119 Å². The Hall–Kier alpha value is -1.19. The third kappa shape index (κ3) is 3.88. The summed E-state index contributed by atoms with van der Waals surface area (Å²) >= 11 is 1.69. The molecule has 0 aliphatic heterocycles. The van der Waals surface area contributed by atoms with Gasteiger partial charge in [0.1, 0.15) is 0 Å². The molecule has 1 N–H and O–H groups in total. The van der Waals surface area contributed by atoms with E-state index in [1.807, 2.05) is 30.3 Å². The highest BCUT2D eigenvalue weighted by molar-refractivity contribution is 7.09. The van der Waals surface area contributed by atoms with E-state index in [1.165, 1.54) is 0 Å². The van der Waals surface area contributed by atoms with Crippen molar-refractivity contribution >= 4 is 11.3 Å². The molecule has 19 heavy (non-hydrogen) atoms. The molecule has 0 spiro atoms. The summed E-state index contributed by atoms with van der Waals surface area (Å²) in [7, 11) is 0. The highest BCUT2D eigenvalue weighted by atomic mass is 32.1. The summed E-state index contributed by atoms with van der Waals surface area (Å²) in [6.07, 6.45) is 1.15. The Balaban J connectivity index is 1.94. The quantitative estimate of drug-likeness (QED) is 0.911. The lowest BCUT2D eigenvalue weighted by atomic mass is 9.93. The molecule has 0 fully saturated rings. The first-order valence-corrected chi connectivity index (χ1v) is 7.52. The van der Waals surface area contributed by atoms with Gasteiger partial charge in [-0.25, -0.2) is 4.98 Å². The van der Waals surface area contributed by atoms with Crippen LogP contribution in [-0.4, -0.2) is 10.1 Å². The molecule has 0 saturated carbocycles. The van der Waals surface area contributed by atoms with Gasteiger partial charge in [0, 0.05) is 17.2 Å². The van der Waals surface area contributed by atoms with E-state index < -0.39 is 6.10 Å². The van der Waals surface area contributed by atoms with Gasteiger partial charge in [-0.05, 0) is 12.0 Å². The van der Waals surface area contributed by atoms with Crippen LogP contribution in [0.2, 0.25) is 0 Å². The van der Waals surface area contributed by atoms with Gasteiger partial charge in [0.05, 0.1) is 16.8 Å². The first-order valence-electron chi connectivity index (χ1n) is 6.65. The standard InChI is InChI=1S/C16H21NOS/c1-16(2,3)14-11-19-15(17-14)10-9-13(18)12-7-5-4-6-8-12/h4-8,11,13,18H,9-10H2,1-3H3. The fourth-order valence-corrected chi connectivity index (χ4v) is 2.91. The molecule has 1 atom stereocenters. The third-order valence-corrected chi connectivity index (χ3v) is 4.04. The molecule has 102 valence electrons. The Bertz CT molecular complexity index is 513. The topological polar surface area (TPSA) is 33.1 Å². The highest BCUT2D eigenvalue weighted by Gasteiger charge is 2.17. The highest BCUT2D eigenvalue weighted by Crippen LogP contribution is 2.26. The maximum Gasteiger partial charge on any atom is 0.0929 e. The molecule has 2 rings (SSSR count). The van der Waals surface area contributed by atoms with Crippen LogP contribution in [-0.2, 0) is 11.8 Å². The molecule has 1 aromatic carbocycles. The molecule has 1 aromatic heterocycles. The van der Waals surface area contributed by atoms with Crippen LogP contribution >= 0.6 is 11.3 Å². The number of benzene rings is 1. The third-order valence-electron chi connectivity index (χ3n) is 3.14. The number of aromatic nitrogens is 1. The molecule has 3 heteroatoms. The Kier molecular flexibility index (Phi) is 4.38. The number of thiazole rings is 1. The maximum absolute atomic E-state index is 10.1. The summed E-state index contributed by atoms with van der Waals surface area (Å²) in [4.78, 5) is 4.65. The SMILES string of the molecule is CC(C)(C)c1csc(CCC(O)c2ccccc2)n1. The molecule has 0 saturated heterocycles. The average Bonchev–Trinajstić information content (AvgIpc) is 2.86. The number of rotatable bonds is 4. The number of hydrogen-bond acceptors (Lipinski definition) is 3. The van der Waals surface area contributed by atoms with E-state index in [0.717, 1.165) is 29.1 Å². The molecular weight excluding hydrogens is 254 g/mol. The van der Waals surface area contributed by atoms with Crippen LogP contribution in [0.4, 0.5) is 0 Å². The predicted molar refractivity (Wildman–Crippen MR) is 80.5 cm³/mol. The summed E-state index contributed by atoms with van der Waals surface area (Å²) in [5.74, 6) is 0. The van der Waals surface area contributed by atoms with Crippen molar-refractivity contribution < 1.29 is 5.11 Å². The van der Waals surface area contributed by atoms with Crippen molar-refractivity contribution in [3.05, 3.63) is 52.0 Å². The van der Waals surface area contributed by atoms with Gasteiger partial charge in [-0.2, -0.15) is 0 Å². The molecule has 0 radical (unpaired) electrons. The van der Waals surface area contributed by atoms with E-state index in [-0.39, 0.29) is 5.41 Å². The fraction of sp³-hybridized carbons (Fsp3) is 0.438. The predicted octanol–water partition coefficient (Wildman–Crippen LogP) is 4.11. The van der Waals surface area contributed by atoms with E-state index >= 15 is 0 Å². The van der Waals surface area contributed by atoms with Gasteiger partial charge in [-0.1, -0.05) is 51.1 Å². The van der Waals surface area contributed by atoms with Crippen molar-refractivity contribution in [2.24, 2.45) is 0 Å². The number of aliphatic hydroxyl groups is 1. The Morgan fingerprint density at radius 1 is 1.21 bits per heavy atom. The van der Waals surface area contributed by atoms with Crippen LogP contribution in [0.1, 0.15) is 49.6 Å². The normalized spacial score (nSPS) is 13.5. The summed E-state index contributed by atoms with van der Waals surface area (Å²) in [6.45, 7) is 6.51. The van der Waals surface area contributed by atoms with Crippen LogP contribution in [0.5, 0.6) is 0 Å². The summed E-state index contributed by atoms with van der Waals surface area (Å²) < 4.78 is 0. The molecule has 1 unspecified atom stereocenters. The van der Waals surface area contributed by atoms with Crippen LogP contribution < -0.4 is 0 Å². The molecular formula is C16H21NOS. The molecule has 2 nitrogen and oxygen atoms in total. The minimum Gasteiger partial charge on any atom is -0.388 e. The largest absolute Gasteiger partial charge is 0.388 e. The summed E-state index contributed by atoms with van der Waals surface area (Å²) in [5, 5.41) is 13.4. The number of aliphatic hydroxyl groups excluding tert-OH is 1. The van der Waals surface area contributed by atoms with Crippen LogP contribution in [0.25, 0.3) is 0 Å². The smallest absolute Gasteiger partial charge is 0.0929 e. The van der Waals surface area contributed by atoms with E-state index in [2.05, 4.69) is 31.1 Å². The van der Waals surface area contributed by atoms with E-state index in [9.17, 15) is 5.11 Å². The molecule has 1 heterocycles. The summed E-state index contributed by atoms with van der Waals surface area (Å²) in [5.41, 5.74) is 2.23. The second kappa shape index (κ2) is 5.85. The number of hydrogen-bond donors (Lipinski definition) is 1. The maximum atomic E-state index is 10.1. The second-order valence-electron chi connectivity index (χ2n) is 5.84. The molecule has 0 bridgehead atoms. The van der Waals surface area contributed by atoms with Gasteiger partial charge >= 0.3 is 0 Å². The van der Waals surface area contributed by atoms with E-state index in [1.54, 1.807) is 11.3 Å². The van der Waals surface area contributed by atoms with Gasteiger partial charge in [-0.15, -0.1) is 11.3 Å². The minimum atomic E-state index is -0.400. The van der Waals surface area contributed by atoms with Crippen molar-refractivity contribution in [3.63, 3.8) is 0 Å². The van der Waals surface area contributed by atoms with Crippen molar-refractivity contribution in [1.82, 2.24) is 4.98 Å². The van der Waals surface area contributed by atoms with Crippen LogP contribution in [0.15, 0.2) is 35.7 Å². The average molecular weight is 275 g/mol. The van der Waals surface area contributed by atoms with Crippen molar-refractivity contribution in [2.75, 3.05) is 0 Å². The fourth-order valence-electron chi connectivity index (χ4n) is 1.87. The van der Waals surface area contributed by atoms with Gasteiger partial charge in [0.25, 0.3) is 0 Å². The molecule has 0 aliphatic carbocycles.